The van der Waals surface area contributed by atoms with Crippen molar-refractivity contribution in [1.82, 2.24) is 4.90 Å². The van der Waals surface area contributed by atoms with Crippen molar-refractivity contribution in [3.8, 4) is 11.5 Å². The van der Waals surface area contributed by atoms with E-state index in [0.717, 1.165) is 24.6 Å². The zero-order chi connectivity index (χ0) is 16.9. The number of fused-ring (bicyclic) bond motifs is 1. The van der Waals surface area contributed by atoms with E-state index < -0.39 is 0 Å². The maximum absolute atomic E-state index is 5.51. The van der Waals surface area contributed by atoms with Crippen molar-refractivity contribution in [3.05, 3.63) is 65.4 Å². The highest BCUT2D eigenvalue weighted by Crippen LogP contribution is 2.39. The molecule has 0 aromatic heterocycles. The molecule has 0 unspecified atom stereocenters. The lowest BCUT2D eigenvalue weighted by Crippen LogP contribution is -2.23. The van der Waals surface area contributed by atoms with Crippen molar-refractivity contribution >= 4 is 5.57 Å². The molecule has 1 heterocycles. The second-order valence-electron chi connectivity index (χ2n) is 6.10. The van der Waals surface area contributed by atoms with Gasteiger partial charge in [0.25, 0.3) is 0 Å². The van der Waals surface area contributed by atoms with Gasteiger partial charge in [-0.25, -0.2) is 0 Å². The standard InChI is InChI=1S/C21H25NO2/c1-4-5-11-22-14-17-12-20(23-2)21(24-3)13-18(17)19(15-22)16-9-7-6-8-10-16/h6-10,12-13,15H,4-5,11,14H2,1-3H3. The smallest absolute Gasteiger partial charge is 0.161 e. The van der Waals surface area contributed by atoms with E-state index in [1.807, 2.05) is 0 Å². The summed E-state index contributed by atoms with van der Waals surface area (Å²) in [6.07, 6.45) is 4.68. The van der Waals surface area contributed by atoms with Crippen LogP contribution in [0.25, 0.3) is 5.57 Å². The molecule has 0 aliphatic carbocycles. The van der Waals surface area contributed by atoms with Gasteiger partial charge < -0.3 is 14.4 Å². The summed E-state index contributed by atoms with van der Waals surface area (Å²) in [5.41, 5.74) is 4.98. The lowest BCUT2D eigenvalue weighted by Gasteiger charge is -2.30. The summed E-state index contributed by atoms with van der Waals surface area (Å²) < 4.78 is 11.0. The fourth-order valence-corrected chi connectivity index (χ4v) is 3.17. The maximum atomic E-state index is 5.51. The van der Waals surface area contributed by atoms with E-state index in [-0.39, 0.29) is 0 Å². The average Bonchev–Trinajstić information content (AvgIpc) is 2.65. The summed E-state index contributed by atoms with van der Waals surface area (Å²) >= 11 is 0. The van der Waals surface area contributed by atoms with E-state index in [4.69, 9.17) is 9.47 Å². The first kappa shape index (κ1) is 16.4. The van der Waals surface area contributed by atoms with Gasteiger partial charge in [0.2, 0.25) is 0 Å². The first-order chi connectivity index (χ1) is 11.8. The fraction of sp³-hybridized carbons (Fsp3) is 0.333. The van der Waals surface area contributed by atoms with Gasteiger partial charge in [-0.2, -0.15) is 0 Å². The first-order valence-electron chi connectivity index (χ1n) is 8.53. The zero-order valence-electron chi connectivity index (χ0n) is 14.7. The van der Waals surface area contributed by atoms with Crippen molar-refractivity contribution in [3.63, 3.8) is 0 Å². The summed E-state index contributed by atoms with van der Waals surface area (Å²) in [7, 11) is 3.38. The highest BCUT2D eigenvalue weighted by Gasteiger charge is 2.21. The highest BCUT2D eigenvalue weighted by atomic mass is 16.5. The molecule has 2 aromatic rings. The van der Waals surface area contributed by atoms with Crippen LogP contribution in [0.1, 0.15) is 36.5 Å². The van der Waals surface area contributed by atoms with Gasteiger partial charge in [0, 0.05) is 24.9 Å². The zero-order valence-corrected chi connectivity index (χ0v) is 14.7. The molecule has 0 N–H and O–H groups in total. The summed E-state index contributed by atoms with van der Waals surface area (Å²) in [4.78, 5) is 2.40. The van der Waals surface area contributed by atoms with Crippen LogP contribution < -0.4 is 9.47 Å². The number of nitrogens with zero attached hydrogens (tertiary/aromatic N) is 1. The molecule has 3 heteroatoms. The van der Waals surface area contributed by atoms with Crippen molar-refractivity contribution < 1.29 is 9.47 Å². The third kappa shape index (κ3) is 3.25. The fourth-order valence-electron chi connectivity index (χ4n) is 3.17. The van der Waals surface area contributed by atoms with Gasteiger partial charge in [-0.1, -0.05) is 43.7 Å². The van der Waals surface area contributed by atoms with Crippen LogP contribution in [0.4, 0.5) is 0 Å². The number of ether oxygens (including phenoxy) is 2. The van der Waals surface area contributed by atoms with Crippen molar-refractivity contribution in [1.29, 1.82) is 0 Å². The molecule has 0 amide bonds. The molecular weight excluding hydrogens is 298 g/mol. The lowest BCUT2D eigenvalue weighted by atomic mass is 9.91. The number of unbranched alkanes of at least 4 members (excludes halogenated alkanes) is 1. The van der Waals surface area contributed by atoms with E-state index >= 15 is 0 Å². The van der Waals surface area contributed by atoms with Crippen LogP contribution in [0.5, 0.6) is 11.5 Å². The number of hydrogen-bond donors (Lipinski definition) is 0. The van der Waals surface area contributed by atoms with Crippen LogP contribution in [0, 0.1) is 0 Å². The van der Waals surface area contributed by atoms with Crippen molar-refractivity contribution in [2.24, 2.45) is 0 Å². The molecule has 1 aliphatic heterocycles. The minimum absolute atomic E-state index is 0.778. The van der Waals surface area contributed by atoms with Gasteiger partial charge >= 0.3 is 0 Å². The number of rotatable bonds is 6. The Hall–Kier alpha value is -2.42. The van der Waals surface area contributed by atoms with Crippen LogP contribution >= 0.6 is 0 Å². The molecule has 0 bridgehead atoms. The van der Waals surface area contributed by atoms with Crippen LogP contribution in [-0.2, 0) is 6.54 Å². The van der Waals surface area contributed by atoms with Crippen LogP contribution in [0.15, 0.2) is 48.7 Å². The van der Waals surface area contributed by atoms with Crippen LogP contribution in [0.3, 0.4) is 0 Å². The topological polar surface area (TPSA) is 21.7 Å². The Balaban J connectivity index is 2.09. The maximum Gasteiger partial charge on any atom is 0.161 e. The van der Waals surface area contributed by atoms with Crippen LogP contribution in [-0.4, -0.2) is 25.7 Å². The molecule has 0 spiro atoms. The summed E-state index contributed by atoms with van der Waals surface area (Å²) in [6.45, 7) is 4.21. The van der Waals surface area contributed by atoms with E-state index in [9.17, 15) is 0 Å². The summed E-state index contributed by atoms with van der Waals surface area (Å²) in [5.74, 6) is 1.57. The second-order valence-corrected chi connectivity index (χ2v) is 6.10. The van der Waals surface area contributed by atoms with Gasteiger partial charge in [-0.3, -0.25) is 0 Å². The number of methoxy groups -OCH3 is 2. The largest absolute Gasteiger partial charge is 0.493 e. The van der Waals surface area contributed by atoms with E-state index in [1.165, 1.54) is 35.1 Å². The Morgan fingerprint density at radius 3 is 2.38 bits per heavy atom. The Labute approximate surface area is 144 Å². The van der Waals surface area contributed by atoms with Crippen molar-refractivity contribution in [2.45, 2.75) is 26.3 Å². The third-order valence-electron chi connectivity index (χ3n) is 4.47. The van der Waals surface area contributed by atoms with Gasteiger partial charge in [-0.15, -0.1) is 0 Å². The normalized spacial score (nSPS) is 13.3. The Morgan fingerprint density at radius 1 is 1.00 bits per heavy atom. The second kappa shape index (κ2) is 7.43. The van der Waals surface area contributed by atoms with E-state index in [0.29, 0.717) is 0 Å². The van der Waals surface area contributed by atoms with Gasteiger partial charge in [0.1, 0.15) is 0 Å². The minimum Gasteiger partial charge on any atom is -0.493 e. The minimum atomic E-state index is 0.778. The number of hydrogen-bond acceptors (Lipinski definition) is 3. The van der Waals surface area contributed by atoms with Gasteiger partial charge in [-0.05, 0) is 35.2 Å². The van der Waals surface area contributed by atoms with E-state index in [1.54, 1.807) is 14.2 Å². The first-order valence-corrected chi connectivity index (χ1v) is 8.53. The molecule has 0 atom stereocenters. The van der Waals surface area contributed by atoms with Crippen molar-refractivity contribution in [2.75, 3.05) is 20.8 Å². The molecule has 1 aliphatic rings. The monoisotopic (exact) mass is 323 g/mol. The SMILES string of the molecule is CCCCN1C=C(c2ccccc2)c2cc(OC)c(OC)cc2C1. The molecular formula is C21H25NO2. The molecule has 126 valence electrons. The molecule has 24 heavy (non-hydrogen) atoms. The van der Waals surface area contributed by atoms with Gasteiger partial charge in [0.15, 0.2) is 11.5 Å². The Morgan fingerprint density at radius 2 is 1.71 bits per heavy atom. The Bertz CT molecular complexity index is 722. The van der Waals surface area contributed by atoms with Gasteiger partial charge in [0.05, 0.1) is 14.2 Å². The lowest BCUT2D eigenvalue weighted by molar-refractivity contribution is 0.344. The van der Waals surface area contributed by atoms with Crippen LogP contribution in [0.2, 0.25) is 0 Å². The Kier molecular flexibility index (Phi) is 5.09. The molecule has 2 aromatic carbocycles. The molecule has 0 saturated carbocycles. The predicted octanol–water partition coefficient (Wildman–Crippen LogP) is 4.71. The average molecular weight is 323 g/mol. The molecule has 3 rings (SSSR count). The third-order valence-corrected chi connectivity index (χ3v) is 4.47. The molecule has 3 nitrogen and oxygen atoms in total. The molecule has 0 radical (unpaired) electrons. The quantitative estimate of drug-likeness (QED) is 0.768. The molecule has 0 fully saturated rings. The molecule has 0 saturated heterocycles. The summed E-state index contributed by atoms with van der Waals surface area (Å²) in [5, 5.41) is 0. The summed E-state index contributed by atoms with van der Waals surface area (Å²) in [6, 6.07) is 14.8. The number of benzene rings is 2. The predicted molar refractivity (Wildman–Crippen MR) is 98.4 cm³/mol. The van der Waals surface area contributed by atoms with E-state index in [2.05, 4.69) is 60.5 Å². The highest BCUT2D eigenvalue weighted by molar-refractivity contribution is 5.83.